The second-order valence-electron chi connectivity index (χ2n) is 7.54. The Morgan fingerprint density at radius 1 is 0.735 bits per heavy atom. The summed E-state index contributed by atoms with van der Waals surface area (Å²) < 4.78 is 0. The van der Waals surface area contributed by atoms with Crippen LogP contribution >= 0.6 is 22.7 Å². The maximum Gasteiger partial charge on any atom is 0.251 e. The highest BCUT2D eigenvalue weighted by atomic mass is 32.1. The van der Waals surface area contributed by atoms with E-state index in [2.05, 4.69) is 76.0 Å². The highest BCUT2D eigenvalue weighted by Crippen LogP contribution is 2.18. The number of hydrazine groups is 1. The fourth-order valence-corrected chi connectivity index (χ4v) is 4.98. The summed E-state index contributed by atoms with van der Waals surface area (Å²) in [7, 11) is 0. The van der Waals surface area contributed by atoms with Crippen molar-refractivity contribution in [2.24, 2.45) is 0 Å². The molecule has 4 aromatic rings. The summed E-state index contributed by atoms with van der Waals surface area (Å²) in [6, 6.07) is 0. The Balaban J connectivity index is 1.51. The molecule has 4 heterocycles. The Hall–Kier alpha value is -3.78. The van der Waals surface area contributed by atoms with E-state index in [0.29, 0.717) is 19.0 Å². The van der Waals surface area contributed by atoms with Crippen LogP contribution in [0.15, 0.2) is 21.5 Å². The van der Waals surface area contributed by atoms with Crippen molar-refractivity contribution in [3.8, 4) is 0 Å². The topological polar surface area (TPSA) is 183 Å². The van der Waals surface area contributed by atoms with Crippen molar-refractivity contribution in [1.29, 1.82) is 0 Å². The lowest BCUT2D eigenvalue weighted by atomic mass is 10.1. The molecule has 0 saturated carbocycles. The van der Waals surface area contributed by atoms with Gasteiger partial charge in [-0.25, -0.2) is 0 Å². The zero-order chi connectivity index (χ0) is 24.1. The van der Waals surface area contributed by atoms with Crippen molar-refractivity contribution in [3.05, 3.63) is 43.8 Å². The van der Waals surface area contributed by atoms with E-state index in [1.165, 1.54) is 22.3 Å². The second-order valence-corrected chi connectivity index (χ2v) is 9.03. The molecule has 34 heavy (non-hydrogen) atoms. The molecule has 4 aromatic heterocycles. The molecule has 0 bridgehead atoms. The van der Waals surface area contributed by atoms with Gasteiger partial charge in [0, 0.05) is 13.1 Å². The molecule has 0 aliphatic carbocycles. The van der Waals surface area contributed by atoms with Gasteiger partial charge in [0.25, 0.3) is 5.95 Å². The van der Waals surface area contributed by atoms with Gasteiger partial charge in [0.1, 0.15) is 0 Å². The van der Waals surface area contributed by atoms with Gasteiger partial charge in [-0.3, -0.25) is 10.4 Å². The zero-order valence-electron chi connectivity index (χ0n) is 18.8. The van der Waals surface area contributed by atoms with Gasteiger partial charge in [-0.1, -0.05) is 0 Å². The average Bonchev–Trinajstić information content (AvgIpc) is 3.37. The number of anilines is 6. The van der Waals surface area contributed by atoms with E-state index >= 15 is 0 Å². The van der Waals surface area contributed by atoms with Gasteiger partial charge < -0.3 is 22.5 Å². The third kappa shape index (κ3) is 5.96. The molecule has 0 aromatic carbocycles. The summed E-state index contributed by atoms with van der Waals surface area (Å²) >= 11 is 3.35. The maximum atomic E-state index is 5.94. The van der Waals surface area contributed by atoms with Crippen molar-refractivity contribution in [2.45, 2.75) is 26.7 Å². The van der Waals surface area contributed by atoms with E-state index in [-0.39, 0.29) is 29.7 Å². The van der Waals surface area contributed by atoms with Gasteiger partial charge in [0.05, 0.1) is 0 Å². The van der Waals surface area contributed by atoms with Crippen molar-refractivity contribution in [2.75, 3.05) is 46.0 Å². The minimum atomic E-state index is 0.0160. The van der Waals surface area contributed by atoms with Crippen LogP contribution in [0.4, 0.5) is 35.7 Å². The number of aromatic nitrogens is 6. The Morgan fingerprint density at radius 2 is 1.32 bits per heavy atom. The van der Waals surface area contributed by atoms with E-state index in [1.807, 2.05) is 0 Å². The summed E-state index contributed by atoms with van der Waals surface area (Å²) in [5.41, 5.74) is 25.6. The molecular weight excluding hydrogens is 472 g/mol. The number of hydrogen-bond donors (Lipinski definition) is 5. The molecule has 14 heteroatoms. The van der Waals surface area contributed by atoms with Gasteiger partial charge in [0.2, 0.25) is 29.7 Å². The van der Waals surface area contributed by atoms with E-state index in [0.717, 1.165) is 12.8 Å². The Morgan fingerprint density at radius 3 is 1.94 bits per heavy atom. The summed E-state index contributed by atoms with van der Waals surface area (Å²) in [6.07, 6.45) is 1.57. The first kappa shape index (κ1) is 23.4. The smallest absolute Gasteiger partial charge is 0.251 e. The summed E-state index contributed by atoms with van der Waals surface area (Å²) in [5, 5.41) is 13.4. The maximum absolute atomic E-state index is 5.94. The van der Waals surface area contributed by atoms with Crippen LogP contribution < -0.4 is 33.0 Å². The van der Waals surface area contributed by atoms with E-state index in [9.17, 15) is 0 Å². The number of thiophene rings is 2. The SMILES string of the molecule is Cc1cscc1CCNc1nc(N)nc(NN(CCc2cscc2C)c2nc(N)nc(N)n2)n1. The third-order valence-electron chi connectivity index (χ3n) is 4.99. The average molecular weight is 499 g/mol. The molecule has 0 amide bonds. The molecule has 178 valence electrons. The molecule has 0 radical (unpaired) electrons. The minimum Gasteiger partial charge on any atom is -0.368 e. The quantitative estimate of drug-likeness (QED) is 0.201. The molecular formula is C20H26N12S2. The Bertz CT molecular complexity index is 1230. The van der Waals surface area contributed by atoms with E-state index in [1.54, 1.807) is 27.7 Å². The minimum absolute atomic E-state index is 0.0160. The van der Waals surface area contributed by atoms with Crippen molar-refractivity contribution in [3.63, 3.8) is 0 Å². The zero-order valence-corrected chi connectivity index (χ0v) is 20.4. The second kappa shape index (κ2) is 10.4. The summed E-state index contributed by atoms with van der Waals surface area (Å²) in [6.45, 7) is 5.32. The number of nitrogens with zero attached hydrogens (tertiary/aromatic N) is 7. The van der Waals surface area contributed by atoms with Gasteiger partial charge in [-0.2, -0.15) is 52.6 Å². The molecule has 0 fully saturated rings. The van der Waals surface area contributed by atoms with Gasteiger partial charge in [0.15, 0.2) is 0 Å². The predicted octanol–water partition coefficient (Wildman–Crippen LogP) is 2.27. The first-order chi connectivity index (χ1) is 16.4. The van der Waals surface area contributed by atoms with Crippen LogP contribution in [0.1, 0.15) is 22.3 Å². The lowest BCUT2D eigenvalue weighted by Crippen LogP contribution is -2.35. The Labute approximate surface area is 204 Å². The molecule has 4 rings (SSSR count). The van der Waals surface area contributed by atoms with Crippen LogP contribution in [0.25, 0.3) is 0 Å². The number of nitrogen functional groups attached to an aromatic ring is 3. The number of nitrogens with two attached hydrogens (primary N) is 3. The van der Waals surface area contributed by atoms with Crippen LogP contribution in [0.5, 0.6) is 0 Å². The number of rotatable bonds is 10. The first-order valence-electron chi connectivity index (χ1n) is 10.5. The fourth-order valence-electron chi connectivity index (χ4n) is 3.19. The van der Waals surface area contributed by atoms with Crippen LogP contribution in [-0.2, 0) is 12.8 Å². The van der Waals surface area contributed by atoms with E-state index < -0.39 is 0 Å². The van der Waals surface area contributed by atoms with Crippen molar-refractivity contribution < 1.29 is 0 Å². The molecule has 0 aliphatic rings. The monoisotopic (exact) mass is 498 g/mol. The number of hydrogen-bond acceptors (Lipinski definition) is 14. The predicted molar refractivity (Wildman–Crippen MR) is 138 cm³/mol. The molecule has 8 N–H and O–H groups in total. The van der Waals surface area contributed by atoms with Gasteiger partial charge in [-0.05, 0) is 70.5 Å². The lowest BCUT2D eigenvalue weighted by molar-refractivity contribution is 0.809. The van der Waals surface area contributed by atoms with E-state index in [4.69, 9.17) is 17.2 Å². The first-order valence-corrected chi connectivity index (χ1v) is 12.4. The third-order valence-corrected chi connectivity index (χ3v) is 6.81. The van der Waals surface area contributed by atoms with Gasteiger partial charge in [-0.15, -0.1) is 0 Å². The van der Waals surface area contributed by atoms with Crippen LogP contribution in [0, 0.1) is 13.8 Å². The number of aryl methyl sites for hydroxylation is 2. The summed E-state index contributed by atoms with van der Waals surface area (Å²) in [5.74, 6) is 0.964. The van der Waals surface area contributed by atoms with Gasteiger partial charge >= 0.3 is 0 Å². The lowest BCUT2D eigenvalue weighted by Gasteiger charge is -2.23. The molecule has 0 aliphatic heterocycles. The molecule has 0 spiro atoms. The highest BCUT2D eigenvalue weighted by molar-refractivity contribution is 7.08. The highest BCUT2D eigenvalue weighted by Gasteiger charge is 2.16. The van der Waals surface area contributed by atoms with Crippen LogP contribution in [0.3, 0.4) is 0 Å². The molecule has 0 unspecified atom stereocenters. The Kier molecular flexibility index (Phi) is 7.18. The van der Waals surface area contributed by atoms with Crippen molar-refractivity contribution in [1.82, 2.24) is 29.9 Å². The fraction of sp³-hybridized carbons (Fsp3) is 0.300. The molecule has 0 saturated heterocycles. The number of nitrogens with one attached hydrogen (secondary N) is 2. The van der Waals surface area contributed by atoms with Crippen molar-refractivity contribution >= 4 is 58.4 Å². The summed E-state index contributed by atoms with van der Waals surface area (Å²) in [4.78, 5) is 25.1. The van der Waals surface area contributed by atoms with Crippen LogP contribution in [-0.4, -0.2) is 43.0 Å². The molecule has 0 atom stereocenters. The standard InChI is InChI=1S/C20H26N12S2/c1-11-7-33-9-13(11)3-5-24-18-26-17(23)27-19(30-18)31-32(6-4-14-10-34-8-12(14)2)20-28-15(21)25-16(22)29-20/h7-10H,3-6H2,1-2H3,(H4,21,22,25,28,29)(H4,23,24,26,27,30,31). The molecule has 12 nitrogen and oxygen atoms in total. The normalized spacial score (nSPS) is 10.9. The van der Waals surface area contributed by atoms with Crippen LogP contribution in [0.2, 0.25) is 0 Å². The largest absolute Gasteiger partial charge is 0.368 e.